The number of carboxylic acids is 1. The molecule has 0 bridgehead atoms. The first-order valence-electron chi connectivity index (χ1n) is 6.07. The summed E-state index contributed by atoms with van der Waals surface area (Å²) in [4.78, 5) is 22.9. The normalized spacial score (nSPS) is 29.9. The van der Waals surface area contributed by atoms with Crippen molar-refractivity contribution in [2.45, 2.75) is 26.7 Å². The van der Waals surface area contributed by atoms with E-state index in [0.29, 0.717) is 19.4 Å². The fraction of sp³-hybridized carbons (Fsp3) is 0.833. The van der Waals surface area contributed by atoms with Gasteiger partial charge < -0.3 is 15.5 Å². The molecule has 1 saturated carbocycles. The summed E-state index contributed by atoms with van der Waals surface area (Å²) < 4.78 is 0. The summed E-state index contributed by atoms with van der Waals surface area (Å²) in [7, 11) is 0. The number of amides is 1. The summed E-state index contributed by atoms with van der Waals surface area (Å²) in [5.41, 5.74) is 0. The zero-order valence-corrected chi connectivity index (χ0v) is 10.3. The van der Waals surface area contributed by atoms with Crippen molar-refractivity contribution < 1.29 is 19.8 Å². The molecule has 4 atom stereocenters. The van der Waals surface area contributed by atoms with E-state index < -0.39 is 17.8 Å². The van der Waals surface area contributed by atoms with E-state index >= 15 is 0 Å². The first kappa shape index (κ1) is 14.0. The highest BCUT2D eigenvalue weighted by molar-refractivity contribution is 5.85. The molecule has 98 valence electrons. The molecule has 0 saturated heterocycles. The van der Waals surface area contributed by atoms with Crippen molar-refractivity contribution >= 4 is 11.9 Å². The predicted molar refractivity (Wildman–Crippen MR) is 62.3 cm³/mol. The van der Waals surface area contributed by atoms with Crippen LogP contribution < -0.4 is 5.32 Å². The van der Waals surface area contributed by atoms with Gasteiger partial charge >= 0.3 is 5.97 Å². The standard InChI is InChI=1S/C12H21NO4/c1-7-3-9(10(4-7)12(16)17)11(15)13-5-8(2)6-14/h7-10,14H,3-6H2,1-2H3,(H,13,15)(H,16,17). The smallest absolute Gasteiger partial charge is 0.307 e. The second-order valence-electron chi connectivity index (χ2n) is 5.16. The molecule has 0 spiro atoms. The minimum absolute atomic E-state index is 0.000976. The molecule has 1 rings (SSSR count). The van der Waals surface area contributed by atoms with E-state index in [1.54, 1.807) is 0 Å². The zero-order chi connectivity index (χ0) is 13.0. The Kier molecular flexibility index (Phi) is 4.93. The topological polar surface area (TPSA) is 86.6 Å². The van der Waals surface area contributed by atoms with Crippen molar-refractivity contribution in [3.63, 3.8) is 0 Å². The van der Waals surface area contributed by atoms with Crippen molar-refractivity contribution in [2.24, 2.45) is 23.7 Å². The van der Waals surface area contributed by atoms with Crippen molar-refractivity contribution in [1.29, 1.82) is 0 Å². The number of carboxylic acid groups (broad SMARTS) is 1. The van der Waals surface area contributed by atoms with Gasteiger partial charge in [0.05, 0.1) is 11.8 Å². The highest BCUT2D eigenvalue weighted by Crippen LogP contribution is 2.36. The molecule has 0 heterocycles. The molecule has 17 heavy (non-hydrogen) atoms. The first-order chi connectivity index (χ1) is 7.95. The van der Waals surface area contributed by atoms with Gasteiger partial charge in [-0.3, -0.25) is 9.59 Å². The fourth-order valence-corrected chi connectivity index (χ4v) is 2.32. The van der Waals surface area contributed by atoms with Crippen LogP contribution in [0.15, 0.2) is 0 Å². The van der Waals surface area contributed by atoms with Crippen molar-refractivity contribution in [3.05, 3.63) is 0 Å². The Morgan fingerprint density at radius 2 is 1.94 bits per heavy atom. The van der Waals surface area contributed by atoms with Crippen LogP contribution >= 0.6 is 0 Å². The van der Waals surface area contributed by atoms with E-state index in [-0.39, 0.29) is 24.3 Å². The van der Waals surface area contributed by atoms with Crippen molar-refractivity contribution in [1.82, 2.24) is 5.32 Å². The lowest BCUT2D eigenvalue weighted by Crippen LogP contribution is -2.37. The van der Waals surface area contributed by atoms with Gasteiger partial charge in [0.25, 0.3) is 0 Å². The van der Waals surface area contributed by atoms with E-state index in [9.17, 15) is 9.59 Å². The van der Waals surface area contributed by atoms with Crippen LogP contribution in [-0.4, -0.2) is 35.2 Å². The molecule has 1 fully saturated rings. The maximum Gasteiger partial charge on any atom is 0.307 e. The zero-order valence-electron chi connectivity index (χ0n) is 10.3. The molecule has 4 unspecified atom stereocenters. The van der Waals surface area contributed by atoms with Crippen LogP contribution in [0, 0.1) is 23.7 Å². The summed E-state index contributed by atoms with van der Waals surface area (Å²) in [5.74, 6) is -1.78. The third kappa shape index (κ3) is 3.70. The molecule has 3 N–H and O–H groups in total. The number of nitrogens with one attached hydrogen (secondary N) is 1. The number of aliphatic hydroxyl groups is 1. The Morgan fingerprint density at radius 1 is 1.35 bits per heavy atom. The molecule has 0 aromatic carbocycles. The lowest BCUT2D eigenvalue weighted by molar-refractivity contribution is -0.146. The molecule has 0 aromatic rings. The number of carbonyl (C=O) groups is 2. The highest BCUT2D eigenvalue weighted by atomic mass is 16.4. The molecule has 0 aromatic heterocycles. The van der Waals surface area contributed by atoms with Crippen LogP contribution in [0.3, 0.4) is 0 Å². The molecule has 1 aliphatic carbocycles. The summed E-state index contributed by atoms with van der Waals surface area (Å²) in [6.45, 7) is 4.21. The number of aliphatic carboxylic acids is 1. The molecule has 5 heteroatoms. The van der Waals surface area contributed by atoms with Gasteiger partial charge in [-0.15, -0.1) is 0 Å². The van der Waals surface area contributed by atoms with E-state index in [4.69, 9.17) is 10.2 Å². The lowest BCUT2D eigenvalue weighted by atomic mass is 9.95. The second kappa shape index (κ2) is 6.00. The van der Waals surface area contributed by atoms with Crippen LogP contribution in [0.25, 0.3) is 0 Å². The molecular formula is C12H21NO4. The van der Waals surface area contributed by atoms with E-state index in [0.717, 1.165) is 0 Å². The van der Waals surface area contributed by atoms with E-state index in [2.05, 4.69) is 5.32 Å². The van der Waals surface area contributed by atoms with Crippen LogP contribution in [0.4, 0.5) is 0 Å². The molecule has 1 amide bonds. The largest absolute Gasteiger partial charge is 0.481 e. The Labute approximate surface area is 101 Å². The minimum atomic E-state index is -0.885. The summed E-state index contributed by atoms with van der Waals surface area (Å²) >= 11 is 0. The van der Waals surface area contributed by atoms with Gasteiger partial charge in [-0.25, -0.2) is 0 Å². The van der Waals surface area contributed by atoms with E-state index in [1.165, 1.54) is 0 Å². The average molecular weight is 243 g/mol. The maximum absolute atomic E-state index is 11.9. The number of rotatable bonds is 5. The second-order valence-corrected chi connectivity index (χ2v) is 5.16. The molecular weight excluding hydrogens is 222 g/mol. The van der Waals surface area contributed by atoms with Gasteiger partial charge in [-0.1, -0.05) is 13.8 Å². The monoisotopic (exact) mass is 243 g/mol. The quantitative estimate of drug-likeness (QED) is 0.655. The Morgan fingerprint density at radius 3 is 2.47 bits per heavy atom. The maximum atomic E-state index is 11.9. The summed E-state index contributed by atoms with van der Waals surface area (Å²) in [6, 6.07) is 0. The third-order valence-electron chi connectivity index (χ3n) is 3.39. The minimum Gasteiger partial charge on any atom is -0.481 e. The predicted octanol–water partition coefficient (Wildman–Crippen LogP) is 0.478. The third-order valence-corrected chi connectivity index (χ3v) is 3.39. The summed E-state index contributed by atoms with van der Waals surface area (Å²) in [5, 5.41) is 20.6. The average Bonchev–Trinajstić information content (AvgIpc) is 2.67. The molecule has 0 radical (unpaired) electrons. The Balaban J connectivity index is 2.52. The van der Waals surface area contributed by atoms with Crippen molar-refractivity contribution in [2.75, 3.05) is 13.2 Å². The Hall–Kier alpha value is -1.10. The van der Waals surface area contributed by atoms with Crippen LogP contribution in [0.5, 0.6) is 0 Å². The fourth-order valence-electron chi connectivity index (χ4n) is 2.32. The van der Waals surface area contributed by atoms with Crippen LogP contribution in [-0.2, 0) is 9.59 Å². The Bertz CT molecular complexity index is 292. The van der Waals surface area contributed by atoms with Crippen LogP contribution in [0.2, 0.25) is 0 Å². The highest BCUT2D eigenvalue weighted by Gasteiger charge is 2.41. The van der Waals surface area contributed by atoms with Gasteiger partial charge in [0.1, 0.15) is 0 Å². The number of hydrogen-bond acceptors (Lipinski definition) is 3. The van der Waals surface area contributed by atoms with Gasteiger partial charge in [0, 0.05) is 13.2 Å². The molecule has 5 nitrogen and oxygen atoms in total. The van der Waals surface area contributed by atoms with Gasteiger partial charge in [0.15, 0.2) is 0 Å². The first-order valence-corrected chi connectivity index (χ1v) is 6.07. The van der Waals surface area contributed by atoms with E-state index in [1.807, 2.05) is 13.8 Å². The number of hydrogen-bond donors (Lipinski definition) is 3. The number of carbonyl (C=O) groups excluding carboxylic acids is 1. The lowest BCUT2D eigenvalue weighted by Gasteiger charge is -2.17. The van der Waals surface area contributed by atoms with Gasteiger partial charge in [0.2, 0.25) is 5.91 Å². The molecule has 0 aliphatic heterocycles. The molecule has 1 aliphatic rings. The SMILES string of the molecule is CC(CO)CNC(=O)C1CC(C)CC1C(=O)O. The van der Waals surface area contributed by atoms with Gasteiger partial charge in [-0.2, -0.15) is 0 Å². The van der Waals surface area contributed by atoms with Gasteiger partial charge in [-0.05, 0) is 24.7 Å². The number of aliphatic hydroxyl groups excluding tert-OH is 1. The van der Waals surface area contributed by atoms with Crippen molar-refractivity contribution in [3.8, 4) is 0 Å². The summed E-state index contributed by atoms with van der Waals surface area (Å²) in [6.07, 6.45) is 1.21. The van der Waals surface area contributed by atoms with Crippen LogP contribution in [0.1, 0.15) is 26.7 Å².